The summed E-state index contributed by atoms with van der Waals surface area (Å²) >= 11 is 5.89. The minimum Gasteiger partial charge on any atom is -0.448 e. The van der Waals surface area contributed by atoms with Crippen molar-refractivity contribution >= 4 is 17.1 Å². The Morgan fingerprint density at radius 2 is 2.10 bits per heavy atom. The number of hydrogen-bond donors (Lipinski definition) is 1. The summed E-state index contributed by atoms with van der Waals surface area (Å²) in [5.41, 5.74) is 0.368. The Hall–Kier alpha value is -2.16. The molecule has 1 N–H and O–H groups in total. The highest BCUT2D eigenvalue weighted by atomic mass is 35.5. The predicted octanol–water partition coefficient (Wildman–Crippen LogP) is 2.79. The molecular weight excluding hydrogens is 394 g/mol. The van der Waals surface area contributed by atoms with Gasteiger partial charge in [-0.3, -0.25) is 9.69 Å². The second-order valence-electron chi connectivity index (χ2n) is 8.12. The molecule has 0 saturated carbocycles. The average Bonchev–Trinajstić information content (AvgIpc) is 3.41. The zero-order chi connectivity index (χ0) is 20.0. The van der Waals surface area contributed by atoms with E-state index in [1.807, 2.05) is 6.07 Å². The molecule has 2 aliphatic heterocycles. The van der Waals surface area contributed by atoms with Crippen LogP contribution in [0.25, 0.3) is 5.52 Å². The summed E-state index contributed by atoms with van der Waals surface area (Å²) in [6.45, 7) is 6.04. The molecule has 0 amide bonds. The number of ether oxygens (including phenoxy) is 1. The fourth-order valence-electron chi connectivity index (χ4n) is 4.54. The molecule has 0 bridgehead atoms. The first-order valence-corrected chi connectivity index (χ1v) is 10.5. The summed E-state index contributed by atoms with van der Waals surface area (Å²) < 4.78 is 12.7. The van der Waals surface area contributed by atoms with Gasteiger partial charge in [0.05, 0.1) is 12.7 Å². The number of aromatic amines is 1. The zero-order valence-corrected chi connectivity index (χ0v) is 17.1. The quantitative estimate of drug-likeness (QED) is 0.702. The van der Waals surface area contributed by atoms with Gasteiger partial charge in [-0.05, 0) is 42.5 Å². The number of likely N-dealkylation sites (tertiary alicyclic amines) is 1. The van der Waals surface area contributed by atoms with Crippen molar-refractivity contribution in [2.75, 3.05) is 26.3 Å². The molecule has 0 spiro atoms. The molecule has 0 radical (unpaired) electrons. The summed E-state index contributed by atoms with van der Waals surface area (Å²) in [6, 6.07) is 3.66. The maximum Gasteiger partial charge on any atom is 0.276 e. The highest BCUT2D eigenvalue weighted by Gasteiger charge is 2.34. The average molecular weight is 418 g/mol. The SMILES string of the molecule is CC1CN(Cc2ccc(Cl)o2)CC1c1nn2c(C3CCOCC3)ncc2c(=O)[nH]1. The molecule has 2 atom stereocenters. The summed E-state index contributed by atoms with van der Waals surface area (Å²) in [4.78, 5) is 22.6. The van der Waals surface area contributed by atoms with Crippen LogP contribution in [-0.4, -0.2) is 50.8 Å². The van der Waals surface area contributed by atoms with Crippen molar-refractivity contribution in [3.63, 3.8) is 0 Å². The number of furan rings is 1. The molecule has 8 nitrogen and oxygen atoms in total. The molecule has 3 aromatic heterocycles. The molecule has 2 fully saturated rings. The number of rotatable bonds is 4. The van der Waals surface area contributed by atoms with Gasteiger partial charge in [0.1, 0.15) is 17.4 Å². The Balaban J connectivity index is 1.42. The molecule has 0 aliphatic carbocycles. The lowest BCUT2D eigenvalue weighted by Crippen LogP contribution is -2.24. The van der Waals surface area contributed by atoms with Gasteiger partial charge in [-0.25, -0.2) is 9.50 Å². The fourth-order valence-corrected chi connectivity index (χ4v) is 4.71. The lowest BCUT2D eigenvalue weighted by molar-refractivity contribution is 0.0832. The second kappa shape index (κ2) is 7.59. The standard InChI is InChI=1S/C20H24ClN5O3/c1-12-9-25(10-14-2-3-17(21)29-14)11-15(12)18-23-20(27)16-8-22-19(26(16)24-18)13-4-6-28-7-5-13/h2-3,8,12-13,15H,4-7,9-11H2,1H3,(H,23,24,27). The van der Waals surface area contributed by atoms with Crippen LogP contribution in [0.3, 0.4) is 0 Å². The fraction of sp³-hybridized carbons (Fsp3) is 0.550. The van der Waals surface area contributed by atoms with Crippen molar-refractivity contribution in [2.24, 2.45) is 5.92 Å². The van der Waals surface area contributed by atoms with Gasteiger partial charge in [-0.1, -0.05) is 6.92 Å². The van der Waals surface area contributed by atoms with E-state index in [1.165, 1.54) is 0 Å². The predicted molar refractivity (Wildman–Crippen MR) is 107 cm³/mol. The van der Waals surface area contributed by atoms with E-state index in [4.69, 9.17) is 25.9 Å². The minimum atomic E-state index is -0.135. The third-order valence-electron chi connectivity index (χ3n) is 6.08. The van der Waals surface area contributed by atoms with Crippen LogP contribution in [0.15, 0.2) is 27.5 Å². The van der Waals surface area contributed by atoms with Crippen LogP contribution in [0.4, 0.5) is 0 Å². The molecule has 3 aromatic rings. The molecular formula is C20H24ClN5O3. The monoisotopic (exact) mass is 417 g/mol. The maximum atomic E-state index is 12.7. The van der Waals surface area contributed by atoms with Crippen molar-refractivity contribution in [2.45, 2.75) is 38.1 Å². The first kappa shape index (κ1) is 18.8. The second-order valence-corrected chi connectivity index (χ2v) is 8.50. The molecule has 154 valence electrons. The smallest absolute Gasteiger partial charge is 0.276 e. The topological polar surface area (TPSA) is 88.7 Å². The van der Waals surface area contributed by atoms with Crippen LogP contribution in [0.1, 0.15) is 49.0 Å². The summed E-state index contributed by atoms with van der Waals surface area (Å²) in [5, 5.41) is 5.24. The van der Waals surface area contributed by atoms with Gasteiger partial charge in [0.2, 0.25) is 0 Å². The number of nitrogens with zero attached hydrogens (tertiary/aromatic N) is 4. The van der Waals surface area contributed by atoms with E-state index >= 15 is 0 Å². The van der Waals surface area contributed by atoms with Crippen LogP contribution in [0.5, 0.6) is 0 Å². The number of H-pyrrole nitrogens is 1. The molecule has 5 rings (SSSR count). The first-order valence-electron chi connectivity index (χ1n) is 10.1. The van der Waals surface area contributed by atoms with Crippen molar-refractivity contribution in [1.29, 1.82) is 0 Å². The van der Waals surface area contributed by atoms with E-state index < -0.39 is 0 Å². The zero-order valence-electron chi connectivity index (χ0n) is 16.3. The normalized spacial score (nSPS) is 23.9. The van der Waals surface area contributed by atoms with Gasteiger partial charge in [0.15, 0.2) is 10.7 Å². The van der Waals surface area contributed by atoms with E-state index in [0.29, 0.717) is 23.2 Å². The van der Waals surface area contributed by atoms with Crippen molar-refractivity contribution in [3.05, 3.63) is 51.3 Å². The Morgan fingerprint density at radius 1 is 1.28 bits per heavy atom. The molecule has 0 aromatic carbocycles. The number of hydrogen-bond acceptors (Lipinski definition) is 6. The van der Waals surface area contributed by atoms with Gasteiger partial charge in [-0.2, -0.15) is 5.10 Å². The number of aromatic nitrogens is 4. The van der Waals surface area contributed by atoms with Crippen molar-refractivity contribution in [1.82, 2.24) is 24.5 Å². The van der Waals surface area contributed by atoms with E-state index in [2.05, 4.69) is 21.8 Å². The van der Waals surface area contributed by atoms with Crippen LogP contribution in [0, 0.1) is 5.92 Å². The molecule has 29 heavy (non-hydrogen) atoms. The Labute approximate surface area is 172 Å². The number of halogens is 1. The van der Waals surface area contributed by atoms with Crippen LogP contribution in [-0.2, 0) is 11.3 Å². The molecule has 5 heterocycles. The molecule has 2 saturated heterocycles. The Kier molecular flexibility index (Phi) is 4.93. The molecule has 2 unspecified atom stereocenters. The summed E-state index contributed by atoms with van der Waals surface area (Å²) in [6.07, 6.45) is 3.44. The van der Waals surface area contributed by atoms with Gasteiger partial charge in [0, 0.05) is 38.1 Å². The Morgan fingerprint density at radius 3 is 2.86 bits per heavy atom. The van der Waals surface area contributed by atoms with E-state index in [0.717, 1.165) is 56.6 Å². The lowest BCUT2D eigenvalue weighted by Gasteiger charge is -2.21. The third kappa shape index (κ3) is 3.60. The highest BCUT2D eigenvalue weighted by molar-refractivity contribution is 6.28. The van der Waals surface area contributed by atoms with Gasteiger partial charge < -0.3 is 14.1 Å². The van der Waals surface area contributed by atoms with E-state index in [9.17, 15) is 4.79 Å². The van der Waals surface area contributed by atoms with Gasteiger partial charge in [-0.15, -0.1) is 0 Å². The lowest BCUT2D eigenvalue weighted by atomic mass is 9.97. The maximum absolute atomic E-state index is 12.7. The van der Waals surface area contributed by atoms with Crippen molar-refractivity contribution < 1.29 is 9.15 Å². The van der Waals surface area contributed by atoms with E-state index in [1.54, 1.807) is 16.8 Å². The van der Waals surface area contributed by atoms with Gasteiger partial charge >= 0.3 is 0 Å². The van der Waals surface area contributed by atoms with Crippen LogP contribution in [0.2, 0.25) is 5.22 Å². The van der Waals surface area contributed by atoms with Gasteiger partial charge in [0.25, 0.3) is 5.56 Å². The molecule has 2 aliphatic rings. The van der Waals surface area contributed by atoms with Crippen molar-refractivity contribution in [3.8, 4) is 0 Å². The Bertz CT molecular complexity index is 1070. The number of nitrogens with one attached hydrogen (secondary N) is 1. The third-order valence-corrected chi connectivity index (χ3v) is 6.28. The number of imidazole rings is 1. The summed E-state index contributed by atoms with van der Waals surface area (Å²) in [7, 11) is 0. The molecule has 9 heteroatoms. The van der Waals surface area contributed by atoms with E-state index in [-0.39, 0.29) is 17.4 Å². The number of fused-ring (bicyclic) bond motifs is 1. The highest BCUT2D eigenvalue weighted by Crippen LogP contribution is 2.32. The van der Waals surface area contributed by atoms with Crippen LogP contribution < -0.4 is 5.56 Å². The first-order chi connectivity index (χ1) is 14.1. The largest absolute Gasteiger partial charge is 0.448 e. The van der Waals surface area contributed by atoms with Crippen LogP contribution >= 0.6 is 11.6 Å². The minimum absolute atomic E-state index is 0.135. The summed E-state index contributed by atoms with van der Waals surface area (Å²) in [5.74, 6) is 3.20.